The van der Waals surface area contributed by atoms with Gasteiger partial charge in [-0.25, -0.2) is 9.97 Å². The van der Waals surface area contributed by atoms with Crippen molar-refractivity contribution in [1.82, 2.24) is 15.3 Å². The number of aryl methyl sites for hydroxylation is 1. The van der Waals surface area contributed by atoms with Crippen LogP contribution in [0.15, 0.2) is 24.3 Å². The van der Waals surface area contributed by atoms with Gasteiger partial charge in [-0.1, -0.05) is 12.1 Å². The van der Waals surface area contributed by atoms with Crippen molar-refractivity contribution in [3.8, 4) is 11.3 Å². The Morgan fingerprint density at radius 3 is 2.96 bits per heavy atom. The molecule has 136 valence electrons. The number of amides is 1. The summed E-state index contributed by atoms with van der Waals surface area (Å²) < 4.78 is 0. The minimum absolute atomic E-state index is 0.0672. The van der Waals surface area contributed by atoms with Gasteiger partial charge in [-0.3, -0.25) is 4.79 Å². The Labute approximate surface area is 153 Å². The van der Waals surface area contributed by atoms with Crippen LogP contribution in [0, 0.1) is 0 Å². The van der Waals surface area contributed by atoms with Crippen molar-refractivity contribution in [3.63, 3.8) is 0 Å². The van der Waals surface area contributed by atoms with Crippen molar-refractivity contribution in [2.24, 2.45) is 0 Å². The maximum atomic E-state index is 12.2. The van der Waals surface area contributed by atoms with E-state index >= 15 is 0 Å². The first-order valence-corrected chi connectivity index (χ1v) is 9.33. The van der Waals surface area contributed by atoms with Crippen molar-refractivity contribution in [2.75, 3.05) is 24.6 Å². The third kappa shape index (κ3) is 3.05. The molecule has 2 heterocycles. The number of hydrogen-bond donors (Lipinski definition) is 2. The summed E-state index contributed by atoms with van der Waals surface area (Å²) in [6.45, 7) is 3.39. The van der Waals surface area contributed by atoms with E-state index in [2.05, 4.69) is 17.1 Å². The number of nitrogens with zero attached hydrogens (tertiary/aromatic N) is 3. The van der Waals surface area contributed by atoms with Crippen LogP contribution in [-0.4, -0.2) is 46.7 Å². The van der Waals surface area contributed by atoms with Gasteiger partial charge in [0.2, 0.25) is 5.95 Å². The fraction of sp³-hybridized carbons (Fsp3) is 0.450. The van der Waals surface area contributed by atoms with Gasteiger partial charge >= 0.3 is 0 Å². The Morgan fingerprint density at radius 1 is 1.35 bits per heavy atom. The maximum Gasteiger partial charge on any atom is 0.251 e. The zero-order valence-corrected chi connectivity index (χ0v) is 15.0. The molecule has 1 atom stereocenters. The molecular formula is C20H24N4O2. The van der Waals surface area contributed by atoms with E-state index in [0.29, 0.717) is 11.6 Å². The molecule has 1 aromatic carbocycles. The van der Waals surface area contributed by atoms with Gasteiger partial charge in [-0.2, -0.15) is 0 Å². The number of carbonyl (C=O) groups excluding carboxylic acids is 1. The molecule has 1 amide bonds. The number of aliphatic hydroxyl groups is 1. The molecule has 6 nitrogen and oxygen atoms in total. The molecule has 1 unspecified atom stereocenters. The van der Waals surface area contributed by atoms with E-state index in [1.54, 1.807) is 6.07 Å². The molecule has 26 heavy (non-hydrogen) atoms. The summed E-state index contributed by atoms with van der Waals surface area (Å²) in [5, 5.41) is 11.6. The Kier molecular flexibility index (Phi) is 4.59. The number of aromatic nitrogens is 2. The van der Waals surface area contributed by atoms with Crippen LogP contribution in [0.2, 0.25) is 0 Å². The minimum atomic E-state index is -0.178. The van der Waals surface area contributed by atoms with Crippen molar-refractivity contribution >= 4 is 11.9 Å². The van der Waals surface area contributed by atoms with E-state index in [4.69, 9.17) is 15.1 Å². The quantitative estimate of drug-likeness (QED) is 0.860. The molecule has 0 bridgehead atoms. The number of anilines is 1. The predicted octanol–water partition coefficient (Wildman–Crippen LogP) is 1.95. The first-order valence-electron chi connectivity index (χ1n) is 9.33. The second-order valence-electron chi connectivity index (χ2n) is 7.04. The molecule has 0 radical (unpaired) electrons. The topological polar surface area (TPSA) is 78.4 Å². The van der Waals surface area contributed by atoms with E-state index in [-0.39, 0.29) is 19.1 Å². The second-order valence-corrected chi connectivity index (χ2v) is 7.04. The number of hydrogen-bond acceptors (Lipinski definition) is 5. The Morgan fingerprint density at radius 2 is 2.23 bits per heavy atom. The normalized spacial score (nSPS) is 18.4. The molecule has 0 spiro atoms. The van der Waals surface area contributed by atoms with Gasteiger partial charge in [0, 0.05) is 41.5 Å². The molecular weight excluding hydrogens is 328 g/mol. The summed E-state index contributed by atoms with van der Waals surface area (Å²) in [6, 6.07) is 8.05. The van der Waals surface area contributed by atoms with E-state index in [1.807, 2.05) is 18.2 Å². The summed E-state index contributed by atoms with van der Waals surface area (Å²) in [7, 11) is 0. The zero-order chi connectivity index (χ0) is 18.1. The zero-order valence-electron chi connectivity index (χ0n) is 15.0. The lowest BCUT2D eigenvalue weighted by Gasteiger charge is -2.39. The highest BCUT2D eigenvalue weighted by atomic mass is 16.3. The van der Waals surface area contributed by atoms with E-state index in [1.165, 1.54) is 12.0 Å². The Balaban J connectivity index is 1.72. The third-order valence-electron chi connectivity index (χ3n) is 5.29. The fourth-order valence-electron chi connectivity index (χ4n) is 3.68. The molecule has 4 rings (SSSR count). The molecule has 2 N–H and O–H groups in total. The predicted molar refractivity (Wildman–Crippen MR) is 100 cm³/mol. The van der Waals surface area contributed by atoms with Gasteiger partial charge in [-0.05, 0) is 44.7 Å². The maximum absolute atomic E-state index is 12.2. The SMILES string of the molecule is CC1CCN1c1nc2c(c(-c3cccc(C(=O)NCCO)c3)n1)CCC2. The molecule has 1 fully saturated rings. The second kappa shape index (κ2) is 7.03. The number of aliphatic hydroxyl groups excluding tert-OH is 1. The van der Waals surface area contributed by atoms with Crippen LogP contribution in [0.5, 0.6) is 0 Å². The van der Waals surface area contributed by atoms with Gasteiger partial charge in [0.25, 0.3) is 5.91 Å². The highest BCUT2D eigenvalue weighted by Crippen LogP contribution is 2.34. The summed E-state index contributed by atoms with van der Waals surface area (Å²) in [5.41, 5.74) is 4.87. The minimum Gasteiger partial charge on any atom is -0.395 e. The van der Waals surface area contributed by atoms with Crippen molar-refractivity contribution < 1.29 is 9.90 Å². The van der Waals surface area contributed by atoms with Crippen molar-refractivity contribution in [3.05, 3.63) is 41.1 Å². The molecule has 0 saturated carbocycles. The lowest BCUT2D eigenvalue weighted by atomic mass is 10.0. The average molecular weight is 352 g/mol. The van der Waals surface area contributed by atoms with Gasteiger partial charge in [-0.15, -0.1) is 0 Å². The lowest BCUT2D eigenvalue weighted by molar-refractivity contribution is 0.0945. The monoisotopic (exact) mass is 352 g/mol. The Hall–Kier alpha value is -2.47. The molecule has 1 aliphatic heterocycles. The molecule has 1 saturated heterocycles. The van der Waals surface area contributed by atoms with Crippen LogP contribution >= 0.6 is 0 Å². The standard InChI is InChI=1S/C20H24N4O2/c1-13-8-10-24(13)20-22-17-7-3-6-16(17)18(23-20)14-4-2-5-15(12-14)19(26)21-9-11-25/h2,4-5,12-13,25H,3,6-11H2,1H3,(H,21,26). The Bertz CT molecular complexity index is 837. The first-order chi connectivity index (χ1) is 12.7. The lowest BCUT2D eigenvalue weighted by Crippen LogP contribution is -2.46. The number of fused-ring (bicyclic) bond motifs is 1. The summed E-state index contributed by atoms with van der Waals surface area (Å²) in [5.74, 6) is 0.637. The van der Waals surface area contributed by atoms with Crippen LogP contribution in [0.4, 0.5) is 5.95 Å². The van der Waals surface area contributed by atoms with Crippen LogP contribution in [-0.2, 0) is 12.8 Å². The molecule has 2 aromatic rings. The molecule has 2 aliphatic rings. The number of benzene rings is 1. The van der Waals surface area contributed by atoms with Crippen LogP contribution in [0.3, 0.4) is 0 Å². The van der Waals surface area contributed by atoms with E-state index in [0.717, 1.165) is 48.7 Å². The number of carbonyl (C=O) groups is 1. The summed E-state index contributed by atoms with van der Waals surface area (Å²) in [4.78, 5) is 24.2. The molecule has 6 heteroatoms. The smallest absolute Gasteiger partial charge is 0.251 e. The van der Waals surface area contributed by atoms with Crippen molar-refractivity contribution in [1.29, 1.82) is 0 Å². The van der Waals surface area contributed by atoms with Gasteiger partial charge in [0.1, 0.15) is 0 Å². The van der Waals surface area contributed by atoms with Gasteiger partial charge < -0.3 is 15.3 Å². The van der Waals surface area contributed by atoms with Crippen LogP contribution in [0.1, 0.15) is 41.4 Å². The number of nitrogens with one attached hydrogen (secondary N) is 1. The first kappa shape index (κ1) is 17.0. The molecule has 1 aliphatic carbocycles. The van der Waals surface area contributed by atoms with Crippen LogP contribution < -0.4 is 10.2 Å². The highest BCUT2D eigenvalue weighted by molar-refractivity contribution is 5.95. The van der Waals surface area contributed by atoms with Crippen LogP contribution in [0.25, 0.3) is 11.3 Å². The molecule has 1 aromatic heterocycles. The van der Waals surface area contributed by atoms with Gasteiger partial charge in [0.05, 0.1) is 12.3 Å². The fourth-order valence-corrected chi connectivity index (χ4v) is 3.68. The largest absolute Gasteiger partial charge is 0.395 e. The summed E-state index contributed by atoms with van der Waals surface area (Å²) >= 11 is 0. The van der Waals surface area contributed by atoms with Gasteiger partial charge in [0.15, 0.2) is 0 Å². The highest BCUT2D eigenvalue weighted by Gasteiger charge is 2.29. The number of rotatable bonds is 5. The van der Waals surface area contributed by atoms with E-state index < -0.39 is 0 Å². The average Bonchev–Trinajstić information content (AvgIpc) is 3.13. The third-order valence-corrected chi connectivity index (χ3v) is 5.29. The van der Waals surface area contributed by atoms with E-state index in [9.17, 15) is 4.79 Å². The van der Waals surface area contributed by atoms with Crippen molar-refractivity contribution in [2.45, 2.75) is 38.6 Å². The summed E-state index contributed by atoms with van der Waals surface area (Å²) in [6.07, 6.45) is 4.27.